The molecule has 7 heteroatoms. The lowest BCUT2D eigenvalue weighted by Crippen LogP contribution is -2.28. The number of carbonyl (C=O) groups excluding carboxylic acids is 2. The lowest BCUT2D eigenvalue weighted by Gasteiger charge is -2.12. The van der Waals surface area contributed by atoms with Crippen LogP contribution in [0.2, 0.25) is 0 Å². The van der Waals surface area contributed by atoms with Gasteiger partial charge in [-0.2, -0.15) is 0 Å². The Morgan fingerprint density at radius 1 is 0.839 bits per heavy atom. The molecule has 0 heterocycles. The Labute approximate surface area is 189 Å². The lowest BCUT2D eigenvalue weighted by molar-refractivity contribution is -0.118. The van der Waals surface area contributed by atoms with Crippen molar-refractivity contribution in [1.29, 1.82) is 0 Å². The van der Waals surface area contributed by atoms with Crippen LogP contribution in [0.15, 0.2) is 42.5 Å². The molecule has 0 saturated heterocycles. The number of anilines is 1. The van der Waals surface area contributed by atoms with E-state index in [0.29, 0.717) is 26.2 Å². The van der Waals surface area contributed by atoms with Crippen LogP contribution in [0.4, 0.5) is 5.69 Å². The summed E-state index contributed by atoms with van der Waals surface area (Å²) in [5.41, 5.74) is 3.06. The number of nitrogens with one attached hydrogen (secondary N) is 2. The van der Waals surface area contributed by atoms with Gasteiger partial charge < -0.3 is 20.1 Å². The van der Waals surface area contributed by atoms with Gasteiger partial charge in [0.05, 0.1) is 24.7 Å². The van der Waals surface area contributed by atoms with E-state index in [9.17, 15) is 9.59 Å². The van der Waals surface area contributed by atoms with Crippen molar-refractivity contribution < 1.29 is 19.1 Å². The van der Waals surface area contributed by atoms with E-state index in [-0.39, 0.29) is 23.3 Å². The standard InChI is InChI=1S/C24H32N2O4S/c1-4-18-7-10-20(11-8-18)26-24(28)17-31-16-23(27)25-14-13-19-9-12-21(29-5-2)22(15-19)30-6-3/h7-12,15H,4-6,13-14,16-17H2,1-3H3,(H,25,27)(H,26,28). The minimum atomic E-state index is -0.111. The molecule has 0 saturated carbocycles. The number of carbonyl (C=O) groups is 2. The molecule has 6 nitrogen and oxygen atoms in total. The van der Waals surface area contributed by atoms with Crippen LogP contribution < -0.4 is 20.1 Å². The second-order valence-corrected chi connectivity index (χ2v) is 7.82. The minimum Gasteiger partial charge on any atom is -0.490 e. The zero-order valence-corrected chi connectivity index (χ0v) is 19.3. The molecule has 2 rings (SSSR count). The van der Waals surface area contributed by atoms with E-state index in [1.165, 1.54) is 17.3 Å². The first kappa shape index (κ1) is 24.6. The zero-order valence-electron chi connectivity index (χ0n) is 18.5. The highest BCUT2D eigenvalue weighted by atomic mass is 32.2. The first-order valence-corrected chi connectivity index (χ1v) is 11.8. The van der Waals surface area contributed by atoms with Crippen LogP contribution in [-0.2, 0) is 22.4 Å². The molecule has 0 aliphatic heterocycles. The number of hydrogen-bond donors (Lipinski definition) is 2. The quantitative estimate of drug-likeness (QED) is 0.487. The highest BCUT2D eigenvalue weighted by Crippen LogP contribution is 2.28. The molecule has 168 valence electrons. The fourth-order valence-corrected chi connectivity index (χ4v) is 3.55. The van der Waals surface area contributed by atoms with Crippen LogP contribution in [0.1, 0.15) is 31.9 Å². The SMILES string of the molecule is CCOc1ccc(CCNC(=O)CSCC(=O)Nc2ccc(CC)cc2)cc1OCC. The summed E-state index contributed by atoms with van der Waals surface area (Å²) in [5, 5.41) is 5.74. The topological polar surface area (TPSA) is 76.7 Å². The highest BCUT2D eigenvalue weighted by Gasteiger charge is 2.08. The summed E-state index contributed by atoms with van der Waals surface area (Å²) in [4.78, 5) is 24.1. The Balaban J connectivity index is 1.67. The van der Waals surface area contributed by atoms with Gasteiger partial charge in [0.2, 0.25) is 11.8 Å². The molecule has 0 aliphatic carbocycles. The number of ether oxygens (including phenoxy) is 2. The summed E-state index contributed by atoms with van der Waals surface area (Å²) in [6.45, 7) is 7.62. The third-order valence-corrected chi connectivity index (χ3v) is 5.39. The molecule has 0 bridgehead atoms. The third kappa shape index (κ3) is 8.92. The predicted molar refractivity (Wildman–Crippen MR) is 127 cm³/mol. The summed E-state index contributed by atoms with van der Waals surface area (Å²) in [7, 11) is 0. The Morgan fingerprint density at radius 3 is 2.16 bits per heavy atom. The van der Waals surface area contributed by atoms with Crippen molar-refractivity contribution in [2.45, 2.75) is 33.6 Å². The van der Waals surface area contributed by atoms with Crippen LogP contribution in [0.3, 0.4) is 0 Å². The predicted octanol–water partition coefficient (Wildman–Crippen LogP) is 4.08. The lowest BCUT2D eigenvalue weighted by atomic mass is 10.1. The van der Waals surface area contributed by atoms with Crippen molar-refractivity contribution >= 4 is 29.3 Å². The number of thioether (sulfide) groups is 1. The molecule has 0 fully saturated rings. The van der Waals surface area contributed by atoms with Gasteiger partial charge in [0.15, 0.2) is 11.5 Å². The fourth-order valence-electron chi connectivity index (χ4n) is 2.91. The second-order valence-electron chi connectivity index (χ2n) is 6.84. The van der Waals surface area contributed by atoms with Gasteiger partial charge in [0.1, 0.15) is 0 Å². The van der Waals surface area contributed by atoms with Crippen molar-refractivity contribution in [3.8, 4) is 11.5 Å². The normalized spacial score (nSPS) is 10.4. The van der Waals surface area contributed by atoms with E-state index in [0.717, 1.165) is 29.2 Å². The first-order valence-electron chi connectivity index (χ1n) is 10.7. The summed E-state index contributed by atoms with van der Waals surface area (Å²) in [6.07, 6.45) is 1.66. The summed E-state index contributed by atoms with van der Waals surface area (Å²) in [5.74, 6) is 1.74. The Bertz CT molecular complexity index is 840. The molecule has 0 atom stereocenters. The van der Waals surface area contributed by atoms with Crippen molar-refractivity contribution in [2.24, 2.45) is 0 Å². The van der Waals surface area contributed by atoms with E-state index in [4.69, 9.17) is 9.47 Å². The molecule has 2 amide bonds. The molecule has 2 aromatic rings. The van der Waals surface area contributed by atoms with Gasteiger partial charge in [-0.05, 0) is 62.1 Å². The van der Waals surface area contributed by atoms with Crippen LogP contribution in [0.25, 0.3) is 0 Å². The Morgan fingerprint density at radius 2 is 1.48 bits per heavy atom. The van der Waals surface area contributed by atoms with Gasteiger partial charge >= 0.3 is 0 Å². The molecule has 0 aromatic heterocycles. The minimum absolute atomic E-state index is 0.0823. The number of aryl methyl sites for hydroxylation is 1. The van der Waals surface area contributed by atoms with E-state index < -0.39 is 0 Å². The number of amides is 2. The maximum Gasteiger partial charge on any atom is 0.234 e. The van der Waals surface area contributed by atoms with Crippen molar-refractivity contribution in [3.05, 3.63) is 53.6 Å². The summed E-state index contributed by atoms with van der Waals surface area (Å²) < 4.78 is 11.2. The smallest absolute Gasteiger partial charge is 0.234 e. The number of rotatable bonds is 13. The zero-order chi connectivity index (χ0) is 22.5. The highest BCUT2D eigenvalue weighted by molar-refractivity contribution is 8.00. The molecule has 0 aliphatic rings. The Hall–Kier alpha value is -2.67. The van der Waals surface area contributed by atoms with Gasteiger partial charge in [-0.25, -0.2) is 0 Å². The van der Waals surface area contributed by atoms with Crippen molar-refractivity contribution in [3.63, 3.8) is 0 Å². The van der Waals surface area contributed by atoms with Crippen LogP contribution in [0.5, 0.6) is 11.5 Å². The van der Waals surface area contributed by atoms with E-state index in [1.807, 2.05) is 56.3 Å². The average Bonchev–Trinajstić information content (AvgIpc) is 2.76. The van der Waals surface area contributed by atoms with Gasteiger partial charge in [-0.15, -0.1) is 11.8 Å². The summed E-state index contributed by atoms with van der Waals surface area (Å²) in [6, 6.07) is 13.6. The second kappa shape index (κ2) is 13.6. The largest absolute Gasteiger partial charge is 0.490 e. The molecule has 31 heavy (non-hydrogen) atoms. The van der Waals surface area contributed by atoms with E-state index >= 15 is 0 Å². The van der Waals surface area contributed by atoms with Gasteiger partial charge in [0.25, 0.3) is 0 Å². The van der Waals surface area contributed by atoms with Gasteiger partial charge in [0, 0.05) is 12.2 Å². The van der Waals surface area contributed by atoms with Crippen LogP contribution >= 0.6 is 11.8 Å². The Kier molecular flexibility index (Phi) is 10.8. The summed E-state index contributed by atoms with van der Waals surface area (Å²) >= 11 is 1.30. The number of benzene rings is 2. The van der Waals surface area contributed by atoms with Crippen molar-refractivity contribution in [1.82, 2.24) is 5.32 Å². The molecular formula is C24H32N2O4S. The molecule has 0 unspecified atom stereocenters. The fraction of sp³-hybridized carbons (Fsp3) is 0.417. The average molecular weight is 445 g/mol. The molecule has 2 N–H and O–H groups in total. The maximum atomic E-state index is 12.0. The maximum absolute atomic E-state index is 12.0. The van der Waals surface area contributed by atoms with Gasteiger partial charge in [-0.3, -0.25) is 9.59 Å². The first-order chi connectivity index (χ1) is 15.0. The third-order valence-electron chi connectivity index (χ3n) is 4.46. The molecule has 2 aromatic carbocycles. The molecular weight excluding hydrogens is 412 g/mol. The van der Waals surface area contributed by atoms with Crippen molar-refractivity contribution in [2.75, 3.05) is 36.6 Å². The van der Waals surface area contributed by atoms with Crippen LogP contribution in [0, 0.1) is 0 Å². The van der Waals surface area contributed by atoms with Crippen LogP contribution in [-0.4, -0.2) is 43.1 Å². The van der Waals surface area contributed by atoms with E-state index in [1.54, 1.807) is 0 Å². The number of hydrogen-bond acceptors (Lipinski definition) is 5. The molecule has 0 radical (unpaired) electrons. The monoisotopic (exact) mass is 444 g/mol. The molecule has 0 spiro atoms. The van der Waals surface area contributed by atoms with E-state index in [2.05, 4.69) is 17.6 Å². The van der Waals surface area contributed by atoms with Gasteiger partial charge in [-0.1, -0.05) is 25.1 Å².